The molecule has 0 unspecified atom stereocenters. The van der Waals surface area contributed by atoms with Crippen molar-refractivity contribution in [2.45, 2.75) is 6.54 Å². The predicted molar refractivity (Wildman–Crippen MR) is 110 cm³/mol. The molecule has 0 saturated heterocycles. The zero-order valence-corrected chi connectivity index (χ0v) is 16.9. The molecule has 3 rings (SSSR count). The number of nitrogens with zero attached hydrogens (tertiary/aromatic N) is 2. The SMILES string of the molecule is COc1ccc(OC)c(-c2ccc(=O)n(CC(=O)Nc3ccc(Br)cc3)n2)c1. The van der Waals surface area contributed by atoms with Crippen LogP contribution in [0.15, 0.2) is 63.9 Å². The topological polar surface area (TPSA) is 82.5 Å². The molecule has 144 valence electrons. The van der Waals surface area contributed by atoms with Gasteiger partial charge in [-0.15, -0.1) is 0 Å². The lowest BCUT2D eigenvalue weighted by molar-refractivity contribution is -0.117. The van der Waals surface area contributed by atoms with Crippen LogP contribution in [0, 0.1) is 0 Å². The molecule has 0 fully saturated rings. The number of halogens is 1. The summed E-state index contributed by atoms with van der Waals surface area (Å²) in [6, 6.07) is 15.4. The van der Waals surface area contributed by atoms with Gasteiger partial charge in [-0.1, -0.05) is 15.9 Å². The summed E-state index contributed by atoms with van der Waals surface area (Å²) in [6.45, 7) is -0.213. The fraction of sp³-hybridized carbons (Fsp3) is 0.150. The van der Waals surface area contributed by atoms with Gasteiger partial charge in [-0.05, 0) is 48.5 Å². The first kappa shape index (κ1) is 19.6. The quantitative estimate of drug-likeness (QED) is 0.631. The van der Waals surface area contributed by atoms with Crippen LogP contribution < -0.4 is 20.3 Å². The third-order valence-electron chi connectivity index (χ3n) is 3.97. The predicted octanol–water partition coefficient (Wildman–Crippen LogP) is 3.33. The van der Waals surface area contributed by atoms with Gasteiger partial charge in [0.15, 0.2) is 0 Å². The number of benzene rings is 2. The first-order valence-electron chi connectivity index (χ1n) is 8.36. The second-order valence-electron chi connectivity index (χ2n) is 5.84. The number of carbonyl (C=O) groups excluding carboxylic acids is 1. The van der Waals surface area contributed by atoms with E-state index in [1.165, 1.54) is 6.07 Å². The summed E-state index contributed by atoms with van der Waals surface area (Å²) in [7, 11) is 3.11. The third-order valence-corrected chi connectivity index (χ3v) is 4.50. The Bertz CT molecular complexity index is 1050. The van der Waals surface area contributed by atoms with Gasteiger partial charge in [-0.3, -0.25) is 9.59 Å². The number of methoxy groups -OCH3 is 2. The Morgan fingerprint density at radius 3 is 2.50 bits per heavy atom. The Morgan fingerprint density at radius 1 is 1.07 bits per heavy atom. The van der Waals surface area contributed by atoms with Crippen LogP contribution in [0.2, 0.25) is 0 Å². The normalized spacial score (nSPS) is 10.4. The average molecular weight is 444 g/mol. The molecule has 1 heterocycles. The summed E-state index contributed by atoms with van der Waals surface area (Å²) in [4.78, 5) is 24.5. The van der Waals surface area contributed by atoms with E-state index < -0.39 is 0 Å². The molecule has 0 aliphatic rings. The molecule has 28 heavy (non-hydrogen) atoms. The molecule has 1 aromatic heterocycles. The van der Waals surface area contributed by atoms with Crippen LogP contribution in [0.1, 0.15) is 0 Å². The number of nitrogens with one attached hydrogen (secondary N) is 1. The van der Waals surface area contributed by atoms with E-state index in [0.29, 0.717) is 28.4 Å². The van der Waals surface area contributed by atoms with E-state index in [0.717, 1.165) is 9.15 Å². The molecule has 1 amide bonds. The minimum Gasteiger partial charge on any atom is -0.497 e. The lowest BCUT2D eigenvalue weighted by atomic mass is 10.1. The molecule has 1 N–H and O–H groups in total. The molecule has 0 atom stereocenters. The number of aromatic nitrogens is 2. The molecule has 0 aliphatic carbocycles. The van der Waals surface area contributed by atoms with Gasteiger partial charge in [0, 0.05) is 21.8 Å². The molecule has 0 bridgehead atoms. The summed E-state index contributed by atoms with van der Waals surface area (Å²) in [5, 5.41) is 7.06. The second kappa shape index (κ2) is 8.71. The number of carbonyl (C=O) groups is 1. The highest BCUT2D eigenvalue weighted by Gasteiger charge is 2.12. The van der Waals surface area contributed by atoms with E-state index in [-0.39, 0.29) is 18.0 Å². The number of anilines is 1. The first-order chi connectivity index (χ1) is 13.5. The van der Waals surface area contributed by atoms with Crippen molar-refractivity contribution in [1.29, 1.82) is 0 Å². The fourth-order valence-corrected chi connectivity index (χ4v) is 2.85. The Morgan fingerprint density at radius 2 is 1.82 bits per heavy atom. The highest BCUT2D eigenvalue weighted by Crippen LogP contribution is 2.31. The Kier molecular flexibility index (Phi) is 6.10. The van der Waals surface area contributed by atoms with Crippen LogP contribution in [-0.2, 0) is 11.3 Å². The average Bonchev–Trinajstić information content (AvgIpc) is 2.71. The number of ether oxygens (including phenoxy) is 2. The van der Waals surface area contributed by atoms with Gasteiger partial charge in [0.25, 0.3) is 5.56 Å². The smallest absolute Gasteiger partial charge is 0.267 e. The van der Waals surface area contributed by atoms with E-state index in [2.05, 4.69) is 26.3 Å². The molecule has 0 aliphatic heterocycles. The number of hydrogen-bond acceptors (Lipinski definition) is 5. The van der Waals surface area contributed by atoms with Crippen molar-refractivity contribution in [1.82, 2.24) is 9.78 Å². The van der Waals surface area contributed by atoms with Gasteiger partial charge < -0.3 is 14.8 Å². The number of amides is 1. The molecule has 3 aromatic rings. The van der Waals surface area contributed by atoms with Crippen LogP contribution >= 0.6 is 15.9 Å². The van der Waals surface area contributed by atoms with Gasteiger partial charge in [0.2, 0.25) is 5.91 Å². The van der Waals surface area contributed by atoms with E-state index in [1.807, 2.05) is 12.1 Å². The maximum Gasteiger partial charge on any atom is 0.267 e. The van der Waals surface area contributed by atoms with E-state index in [4.69, 9.17) is 9.47 Å². The second-order valence-corrected chi connectivity index (χ2v) is 6.75. The fourth-order valence-electron chi connectivity index (χ4n) is 2.59. The summed E-state index contributed by atoms with van der Waals surface area (Å²) in [5.74, 6) is 0.854. The third kappa shape index (κ3) is 4.58. The molecular formula is C20H18BrN3O4. The van der Waals surface area contributed by atoms with Gasteiger partial charge in [0.05, 0.1) is 19.9 Å². The molecule has 0 radical (unpaired) electrons. The lowest BCUT2D eigenvalue weighted by Gasteiger charge is -2.12. The maximum atomic E-state index is 12.3. The number of hydrogen-bond donors (Lipinski definition) is 1. The Balaban J connectivity index is 1.87. The number of rotatable bonds is 6. The van der Waals surface area contributed by atoms with Crippen molar-refractivity contribution < 1.29 is 14.3 Å². The Hall–Kier alpha value is -3.13. The summed E-state index contributed by atoms with van der Waals surface area (Å²) >= 11 is 3.34. The minimum absolute atomic E-state index is 0.213. The zero-order chi connectivity index (χ0) is 20.1. The van der Waals surface area contributed by atoms with Crippen LogP contribution in [0.4, 0.5) is 5.69 Å². The summed E-state index contributed by atoms with van der Waals surface area (Å²) in [6.07, 6.45) is 0. The minimum atomic E-state index is -0.378. The van der Waals surface area contributed by atoms with E-state index in [9.17, 15) is 9.59 Å². The van der Waals surface area contributed by atoms with Crippen LogP contribution in [0.25, 0.3) is 11.3 Å². The van der Waals surface area contributed by atoms with Gasteiger partial charge in [-0.25, -0.2) is 4.68 Å². The van der Waals surface area contributed by atoms with E-state index in [1.54, 1.807) is 50.6 Å². The molecular weight excluding hydrogens is 426 g/mol. The van der Waals surface area contributed by atoms with E-state index >= 15 is 0 Å². The van der Waals surface area contributed by atoms with Crippen molar-refractivity contribution in [3.8, 4) is 22.8 Å². The van der Waals surface area contributed by atoms with Gasteiger partial charge >= 0.3 is 0 Å². The molecule has 2 aromatic carbocycles. The van der Waals surface area contributed by atoms with Crippen LogP contribution in [-0.4, -0.2) is 29.9 Å². The first-order valence-corrected chi connectivity index (χ1v) is 9.15. The monoisotopic (exact) mass is 443 g/mol. The highest BCUT2D eigenvalue weighted by molar-refractivity contribution is 9.10. The van der Waals surface area contributed by atoms with Crippen molar-refractivity contribution in [3.63, 3.8) is 0 Å². The van der Waals surface area contributed by atoms with Crippen molar-refractivity contribution >= 4 is 27.5 Å². The van der Waals surface area contributed by atoms with Crippen molar-refractivity contribution in [2.24, 2.45) is 0 Å². The molecule has 0 spiro atoms. The lowest BCUT2D eigenvalue weighted by Crippen LogP contribution is -2.29. The van der Waals surface area contributed by atoms with Crippen molar-refractivity contribution in [3.05, 3.63) is 69.4 Å². The van der Waals surface area contributed by atoms with Gasteiger partial charge in [-0.2, -0.15) is 5.10 Å². The zero-order valence-electron chi connectivity index (χ0n) is 15.3. The molecule has 8 heteroatoms. The van der Waals surface area contributed by atoms with Crippen LogP contribution in [0.3, 0.4) is 0 Å². The molecule has 7 nitrogen and oxygen atoms in total. The highest BCUT2D eigenvalue weighted by atomic mass is 79.9. The Labute approximate surface area is 170 Å². The van der Waals surface area contributed by atoms with Gasteiger partial charge in [0.1, 0.15) is 18.0 Å². The summed E-state index contributed by atoms with van der Waals surface area (Å²) < 4.78 is 12.6. The molecule has 0 saturated carbocycles. The summed E-state index contributed by atoms with van der Waals surface area (Å²) in [5.41, 5.74) is 1.40. The van der Waals surface area contributed by atoms with Crippen molar-refractivity contribution in [2.75, 3.05) is 19.5 Å². The largest absolute Gasteiger partial charge is 0.497 e. The van der Waals surface area contributed by atoms with Crippen LogP contribution in [0.5, 0.6) is 11.5 Å². The maximum absolute atomic E-state index is 12.3. The standard InChI is InChI=1S/C20H18BrN3O4/c1-27-15-7-9-18(28-2)16(11-15)17-8-10-20(26)24(23-17)12-19(25)22-14-5-3-13(21)4-6-14/h3-11H,12H2,1-2H3,(H,22,25).